The van der Waals surface area contributed by atoms with Crippen LogP contribution in [0.15, 0.2) is 30.5 Å². The summed E-state index contributed by atoms with van der Waals surface area (Å²) in [6, 6.07) is 7.62. The Balaban J connectivity index is 1.47. The van der Waals surface area contributed by atoms with Gasteiger partial charge >= 0.3 is 0 Å². The van der Waals surface area contributed by atoms with Crippen LogP contribution in [0, 0.1) is 6.92 Å². The summed E-state index contributed by atoms with van der Waals surface area (Å²) in [5.41, 5.74) is 3.39. The maximum Gasteiger partial charge on any atom is 0.256 e. The molecule has 0 unspecified atom stereocenters. The minimum atomic E-state index is -2.48. The minimum Gasteiger partial charge on any atom is -0.479 e. The average molecular weight is 484 g/mol. The van der Waals surface area contributed by atoms with Crippen molar-refractivity contribution in [2.24, 2.45) is 0 Å². The van der Waals surface area contributed by atoms with E-state index in [2.05, 4.69) is 25.7 Å². The molecule has 1 amide bonds. The van der Waals surface area contributed by atoms with Gasteiger partial charge < -0.3 is 19.9 Å². The van der Waals surface area contributed by atoms with Gasteiger partial charge in [0.1, 0.15) is 11.3 Å². The van der Waals surface area contributed by atoms with Crippen molar-refractivity contribution in [3.63, 3.8) is 0 Å². The molecule has 1 fully saturated rings. The van der Waals surface area contributed by atoms with E-state index in [4.69, 9.17) is 4.74 Å². The highest BCUT2D eigenvalue weighted by Crippen LogP contribution is 2.36. The van der Waals surface area contributed by atoms with Crippen LogP contribution in [-0.4, -0.2) is 55.2 Å². The van der Waals surface area contributed by atoms with Crippen LogP contribution >= 0.6 is 0 Å². The Morgan fingerprint density at radius 1 is 1.29 bits per heavy atom. The Kier molecular flexibility index (Phi) is 5.57. The Labute approximate surface area is 200 Å². The molecule has 0 aliphatic heterocycles. The summed E-state index contributed by atoms with van der Waals surface area (Å²) in [6.45, 7) is 4.85. The van der Waals surface area contributed by atoms with E-state index in [1.165, 1.54) is 11.5 Å². The molecule has 0 radical (unpaired) electrons. The predicted molar refractivity (Wildman–Crippen MR) is 128 cm³/mol. The molecule has 0 saturated heterocycles. The standard InChI is InChI=1S/C24H27F2N7O2/c1-13-27-18-6-5-15(9-19(18)32(13)12-20(25)26)17-7-8-33-21(17)22(35-4)29-23(31-33)28-16-10-24(3,11-16)30-14(2)34/h5-9,16,20H,10-12H2,1-4H3,(H,28,31)(H,30,34). The van der Waals surface area contributed by atoms with Gasteiger partial charge in [-0.05, 0) is 50.5 Å². The van der Waals surface area contributed by atoms with Gasteiger partial charge in [-0.1, -0.05) is 6.07 Å². The molecule has 5 rings (SSSR count). The molecule has 3 aromatic heterocycles. The van der Waals surface area contributed by atoms with Crippen LogP contribution in [0.3, 0.4) is 0 Å². The molecule has 4 aromatic rings. The lowest BCUT2D eigenvalue weighted by Gasteiger charge is -2.45. The summed E-state index contributed by atoms with van der Waals surface area (Å²) >= 11 is 0. The van der Waals surface area contributed by atoms with Crippen LogP contribution in [0.25, 0.3) is 27.7 Å². The van der Waals surface area contributed by atoms with Crippen molar-refractivity contribution >= 4 is 28.4 Å². The highest BCUT2D eigenvalue weighted by molar-refractivity contribution is 5.90. The number of alkyl halides is 2. The smallest absolute Gasteiger partial charge is 0.256 e. The molecule has 11 heteroatoms. The zero-order valence-corrected chi connectivity index (χ0v) is 20.0. The fourth-order valence-electron chi connectivity index (χ4n) is 5.05. The molecule has 1 aliphatic rings. The van der Waals surface area contributed by atoms with E-state index in [-0.39, 0.29) is 17.5 Å². The number of rotatable bonds is 7. The minimum absolute atomic E-state index is 0.0456. The van der Waals surface area contributed by atoms with E-state index in [0.717, 1.165) is 24.0 Å². The molecule has 0 bridgehead atoms. The van der Waals surface area contributed by atoms with Gasteiger partial charge in [0, 0.05) is 30.3 Å². The van der Waals surface area contributed by atoms with Gasteiger partial charge in [-0.3, -0.25) is 4.79 Å². The monoisotopic (exact) mass is 483 g/mol. The highest BCUT2D eigenvalue weighted by atomic mass is 19.3. The van der Waals surface area contributed by atoms with Crippen LogP contribution in [-0.2, 0) is 11.3 Å². The number of aromatic nitrogens is 5. The van der Waals surface area contributed by atoms with Crippen LogP contribution in [0.1, 0.15) is 32.5 Å². The summed E-state index contributed by atoms with van der Waals surface area (Å²) in [5.74, 6) is 1.31. The molecule has 1 aromatic carbocycles. The number of nitrogens with one attached hydrogen (secondary N) is 2. The Morgan fingerprint density at radius 3 is 2.74 bits per heavy atom. The number of carbonyl (C=O) groups is 1. The lowest BCUT2D eigenvalue weighted by atomic mass is 9.74. The molecular weight excluding hydrogens is 456 g/mol. The summed E-state index contributed by atoms with van der Waals surface area (Å²) in [4.78, 5) is 20.4. The number of aryl methyl sites for hydroxylation is 1. The third kappa shape index (κ3) is 4.26. The third-order valence-corrected chi connectivity index (χ3v) is 6.45. The zero-order valence-electron chi connectivity index (χ0n) is 20.0. The molecule has 0 atom stereocenters. The summed E-state index contributed by atoms with van der Waals surface area (Å²) < 4.78 is 35.1. The number of fused-ring (bicyclic) bond motifs is 2. The molecule has 184 valence electrons. The van der Waals surface area contributed by atoms with Crippen LogP contribution in [0.2, 0.25) is 0 Å². The second-order valence-electron chi connectivity index (χ2n) is 9.32. The average Bonchev–Trinajstić information content (AvgIpc) is 3.32. The fourth-order valence-corrected chi connectivity index (χ4v) is 5.05. The summed E-state index contributed by atoms with van der Waals surface area (Å²) in [7, 11) is 1.55. The normalized spacial score (nSPS) is 19.8. The Morgan fingerprint density at radius 2 is 2.06 bits per heavy atom. The SMILES string of the molecule is COc1nc(NC2CC(C)(NC(C)=O)C2)nn2ccc(-c3ccc4nc(C)n(CC(F)F)c4c3)c12. The van der Waals surface area contributed by atoms with Crippen molar-refractivity contribution in [3.8, 4) is 17.0 Å². The first kappa shape index (κ1) is 23.0. The van der Waals surface area contributed by atoms with E-state index in [0.29, 0.717) is 34.2 Å². The lowest BCUT2D eigenvalue weighted by Crippen LogP contribution is -2.59. The van der Waals surface area contributed by atoms with Gasteiger partial charge in [0.2, 0.25) is 17.7 Å². The molecule has 1 saturated carbocycles. The number of methoxy groups -OCH3 is 1. The first-order valence-corrected chi connectivity index (χ1v) is 11.4. The van der Waals surface area contributed by atoms with E-state index in [1.54, 1.807) is 18.5 Å². The number of hydrogen-bond donors (Lipinski definition) is 2. The second kappa shape index (κ2) is 8.47. The number of amides is 1. The zero-order chi connectivity index (χ0) is 24.9. The van der Waals surface area contributed by atoms with E-state index >= 15 is 0 Å². The first-order valence-electron chi connectivity index (χ1n) is 11.4. The van der Waals surface area contributed by atoms with E-state index in [9.17, 15) is 13.6 Å². The summed E-state index contributed by atoms with van der Waals surface area (Å²) in [6.07, 6.45) is 0.864. The van der Waals surface area contributed by atoms with Gasteiger partial charge in [0.15, 0.2) is 0 Å². The van der Waals surface area contributed by atoms with Gasteiger partial charge in [-0.2, -0.15) is 4.98 Å². The molecule has 35 heavy (non-hydrogen) atoms. The highest BCUT2D eigenvalue weighted by Gasteiger charge is 2.41. The van der Waals surface area contributed by atoms with Gasteiger partial charge in [0.05, 0.1) is 24.7 Å². The van der Waals surface area contributed by atoms with Crippen molar-refractivity contribution in [2.75, 3.05) is 12.4 Å². The van der Waals surface area contributed by atoms with Gasteiger partial charge in [0.25, 0.3) is 6.43 Å². The van der Waals surface area contributed by atoms with Crippen LogP contribution in [0.5, 0.6) is 5.88 Å². The number of hydrogen-bond acceptors (Lipinski definition) is 6. The summed E-state index contributed by atoms with van der Waals surface area (Å²) in [5, 5.41) is 10.9. The number of ether oxygens (including phenoxy) is 1. The molecule has 0 spiro atoms. The van der Waals surface area contributed by atoms with Crippen LogP contribution in [0.4, 0.5) is 14.7 Å². The predicted octanol–water partition coefficient (Wildman–Crippen LogP) is 3.80. The van der Waals surface area contributed by atoms with E-state index in [1.807, 2.05) is 37.4 Å². The van der Waals surface area contributed by atoms with Crippen molar-refractivity contribution in [1.29, 1.82) is 0 Å². The molecule has 1 aliphatic carbocycles. The Hall–Kier alpha value is -3.76. The number of imidazole rings is 1. The second-order valence-corrected chi connectivity index (χ2v) is 9.32. The lowest BCUT2D eigenvalue weighted by molar-refractivity contribution is -0.121. The topological polar surface area (TPSA) is 98.4 Å². The van der Waals surface area contributed by atoms with E-state index < -0.39 is 13.0 Å². The third-order valence-electron chi connectivity index (χ3n) is 6.45. The van der Waals surface area contributed by atoms with Crippen LogP contribution < -0.4 is 15.4 Å². The molecule has 9 nitrogen and oxygen atoms in total. The largest absolute Gasteiger partial charge is 0.479 e. The number of halogens is 2. The number of nitrogens with zero attached hydrogens (tertiary/aromatic N) is 5. The molecule has 3 heterocycles. The van der Waals surface area contributed by atoms with Crippen molar-refractivity contribution in [1.82, 2.24) is 29.5 Å². The van der Waals surface area contributed by atoms with Gasteiger partial charge in [-0.15, -0.1) is 5.10 Å². The maximum absolute atomic E-state index is 13.1. The maximum atomic E-state index is 13.1. The Bertz CT molecular complexity index is 1420. The number of carbonyl (C=O) groups excluding carboxylic acids is 1. The molecular formula is C24H27F2N7O2. The quantitative estimate of drug-likeness (QED) is 0.415. The number of benzene rings is 1. The van der Waals surface area contributed by atoms with Crippen molar-refractivity contribution in [2.45, 2.75) is 58.2 Å². The van der Waals surface area contributed by atoms with Gasteiger partial charge in [-0.25, -0.2) is 18.3 Å². The number of anilines is 1. The van der Waals surface area contributed by atoms with Crippen molar-refractivity contribution < 1.29 is 18.3 Å². The van der Waals surface area contributed by atoms with Crippen molar-refractivity contribution in [3.05, 3.63) is 36.3 Å². The fraction of sp³-hybridized carbons (Fsp3) is 0.417. The molecule has 2 N–H and O–H groups in total. The first-order chi connectivity index (χ1) is 16.7.